The maximum Gasteiger partial charge on any atom is 0.416 e. The highest BCUT2D eigenvalue weighted by atomic mass is 19.4. The molecule has 24 heavy (non-hydrogen) atoms. The second-order valence-corrected chi connectivity index (χ2v) is 6.46. The van der Waals surface area contributed by atoms with Crippen molar-refractivity contribution in [2.75, 3.05) is 26.3 Å². The SMILES string of the molecule is Fc1ccc(C(F)(F)F)c(CN(C2CCOCC2)[C@H]2CCNC2)c1. The molecule has 1 aromatic carbocycles. The molecule has 0 radical (unpaired) electrons. The van der Waals surface area contributed by atoms with Crippen LogP contribution in [0.25, 0.3) is 0 Å². The van der Waals surface area contributed by atoms with E-state index in [4.69, 9.17) is 4.74 Å². The van der Waals surface area contributed by atoms with E-state index in [0.717, 1.165) is 50.6 Å². The van der Waals surface area contributed by atoms with Crippen molar-refractivity contribution in [3.8, 4) is 0 Å². The molecule has 3 rings (SSSR count). The topological polar surface area (TPSA) is 24.5 Å². The van der Waals surface area contributed by atoms with Gasteiger partial charge in [-0.25, -0.2) is 4.39 Å². The van der Waals surface area contributed by atoms with Crippen LogP contribution in [0.15, 0.2) is 18.2 Å². The molecular formula is C17H22F4N2O. The molecule has 1 aromatic rings. The molecule has 3 nitrogen and oxygen atoms in total. The van der Waals surface area contributed by atoms with E-state index >= 15 is 0 Å². The number of hydrogen-bond acceptors (Lipinski definition) is 3. The Morgan fingerprint density at radius 2 is 1.88 bits per heavy atom. The molecule has 0 aliphatic carbocycles. The highest BCUT2D eigenvalue weighted by Crippen LogP contribution is 2.34. The van der Waals surface area contributed by atoms with Gasteiger partial charge < -0.3 is 10.1 Å². The van der Waals surface area contributed by atoms with Crippen LogP contribution in [-0.4, -0.2) is 43.3 Å². The predicted octanol–water partition coefficient (Wildman–Crippen LogP) is 3.19. The van der Waals surface area contributed by atoms with Crippen LogP contribution < -0.4 is 5.32 Å². The third-order valence-electron chi connectivity index (χ3n) is 4.89. The van der Waals surface area contributed by atoms with E-state index in [2.05, 4.69) is 10.2 Å². The summed E-state index contributed by atoms with van der Waals surface area (Å²) in [7, 11) is 0. The summed E-state index contributed by atoms with van der Waals surface area (Å²) in [4.78, 5) is 2.12. The fourth-order valence-corrected chi connectivity index (χ4v) is 3.66. The lowest BCUT2D eigenvalue weighted by molar-refractivity contribution is -0.138. The van der Waals surface area contributed by atoms with Crippen molar-refractivity contribution in [1.29, 1.82) is 0 Å². The minimum Gasteiger partial charge on any atom is -0.381 e. The molecular weight excluding hydrogens is 324 g/mol. The minimum atomic E-state index is -4.47. The van der Waals surface area contributed by atoms with Crippen molar-refractivity contribution < 1.29 is 22.3 Å². The van der Waals surface area contributed by atoms with Gasteiger partial charge in [0.05, 0.1) is 5.56 Å². The molecule has 0 unspecified atom stereocenters. The van der Waals surface area contributed by atoms with Crippen molar-refractivity contribution in [1.82, 2.24) is 10.2 Å². The van der Waals surface area contributed by atoms with Gasteiger partial charge in [-0.3, -0.25) is 4.90 Å². The second kappa shape index (κ2) is 7.37. The molecule has 2 aliphatic rings. The van der Waals surface area contributed by atoms with Crippen molar-refractivity contribution in [3.63, 3.8) is 0 Å². The van der Waals surface area contributed by atoms with E-state index in [-0.39, 0.29) is 24.2 Å². The van der Waals surface area contributed by atoms with Crippen LogP contribution in [0.3, 0.4) is 0 Å². The Balaban J connectivity index is 1.87. The standard InChI is InChI=1S/C17H22F4N2O/c18-13-1-2-16(17(19,20)21)12(9-13)11-23(15-3-6-22-10-15)14-4-7-24-8-5-14/h1-2,9,14-15,22H,3-8,10-11H2/t15-/m0/s1. The molecule has 1 atom stereocenters. The van der Waals surface area contributed by atoms with Crippen LogP contribution in [0, 0.1) is 5.82 Å². The zero-order valence-corrected chi connectivity index (χ0v) is 13.4. The molecule has 0 amide bonds. The van der Waals surface area contributed by atoms with Gasteiger partial charge in [-0.2, -0.15) is 13.2 Å². The van der Waals surface area contributed by atoms with Gasteiger partial charge in [-0.05, 0) is 49.6 Å². The summed E-state index contributed by atoms with van der Waals surface area (Å²) >= 11 is 0. The number of nitrogens with zero attached hydrogens (tertiary/aromatic N) is 1. The van der Waals surface area contributed by atoms with Gasteiger partial charge in [-0.1, -0.05) is 0 Å². The summed E-state index contributed by atoms with van der Waals surface area (Å²) in [5, 5.41) is 3.26. The van der Waals surface area contributed by atoms with Crippen molar-refractivity contribution in [3.05, 3.63) is 35.1 Å². The fraction of sp³-hybridized carbons (Fsp3) is 0.647. The monoisotopic (exact) mass is 346 g/mol. The van der Waals surface area contributed by atoms with Crippen LogP contribution >= 0.6 is 0 Å². The first kappa shape index (κ1) is 17.6. The Morgan fingerprint density at radius 3 is 2.50 bits per heavy atom. The van der Waals surface area contributed by atoms with Gasteiger partial charge in [0, 0.05) is 38.4 Å². The lowest BCUT2D eigenvalue weighted by atomic mass is 10.00. The summed E-state index contributed by atoms with van der Waals surface area (Å²) in [6.07, 6.45) is -1.98. The Labute approximate surface area is 139 Å². The number of alkyl halides is 3. The van der Waals surface area contributed by atoms with Gasteiger partial charge in [0.15, 0.2) is 0 Å². The lowest BCUT2D eigenvalue weighted by Crippen LogP contribution is -2.46. The van der Waals surface area contributed by atoms with Crippen LogP contribution in [0.5, 0.6) is 0 Å². The Bertz CT molecular complexity index is 552. The van der Waals surface area contributed by atoms with Gasteiger partial charge in [0.2, 0.25) is 0 Å². The van der Waals surface area contributed by atoms with Crippen molar-refractivity contribution in [2.45, 2.75) is 44.1 Å². The van der Waals surface area contributed by atoms with Gasteiger partial charge in [0.1, 0.15) is 5.82 Å². The summed E-state index contributed by atoms with van der Waals surface area (Å²) in [5.41, 5.74) is -0.729. The molecule has 2 heterocycles. The first-order valence-electron chi connectivity index (χ1n) is 8.35. The van der Waals surface area contributed by atoms with Gasteiger partial charge in [-0.15, -0.1) is 0 Å². The van der Waals surface area contributed by atoms with Crippen molar-refractivity contribution in [2.24, 2.45) is 0 Å². The zero-order chi connectivity index (χ0) is 17.2. The van der Waals surface area contributed by atoms with E-state index in [9.17, 15) is 17.6 Å². The first-order valence-corrected chi connectivity index (χ1v) is 8.35. The number of rotatable bonds is 4. The molecule has 2 aliphatic heterocycles. The number of halogens is 4. The quantitative estimate of drug-likeness (QED) is 0.848. The maximum absolute atomic E-state index is 13.6. The smallest absolute Gasteiger partial charge is 0.381 e. The van der Waals surface area contributed by atoms with Crippen LogP contribution in [0.4, 0.5) is 17.6 Å². The van der Waals surface area contributed by atoms with Crippen molar-refractivity contribution >= 4 is 0 Å². The third kappa shape index (κ3) is 4.07. The van der Waals surface area contributed by atoms with Crippen LogP contribution in [-0.2, 0) is 17.5 Å². The number of benzene rings is 1. The van der Waals surface area contributed by atoms with E-state index in [0.29, 0.717) is 13.2 Å². The molecule has 134 valence electrons. The van der Waals surface area contributed by atoms with E-state index in [1.54, 1.807) is 0 Å². The maximum atomic E-state index is 13.6. The third-order valence-corrected chi connectivity index (χ3v) is 4.89. The summed E-state index contributed by atoms with van der Waals surface area (Å²) in [6, 6.07) is 3.10. The van der Waals surface area contributed by atoms with E-state index in [1.807, 2.05) is 0 Å². The van der Waals surface area contributed by atoms with Gasteiger partial charge in [0.25, 0.3) is 0 Å². The summed E-state index contributed by atoms with van der Waals surface area (Å²) in [6.45, 7) is 2.98. The normalized spacial score (nSPS) is 23.1. The Hall–Kier alpha value is -1.18. The van der Waals surface area contributed by atoms with Crippen LogP contribution in [0.2, 0.25) is 0 Å². The molecule has 0 spiro atoms. The molecule has 2 saturated heterocycles. The van der Waals surface area contributed by atoms with E-state index < -0.39 is 17.6 Å². The second-order valence-electron chi connectivity index (χ2n) is 6.46. The number of hydrogen-bond donors (Lipinski definition) is 1. The molecule has 1 N–H and O–H groups in total. The Morgan fingerprint density at radius 1 is 1.12 bits per heavy atom. The summed E-state index contributed by atoms with van der Waals surface area (Å²) in [5.74, 6) is -0.630. The summed E-state index contributed by atoms with van der Waals surface area (Å²) < 4.78 is 58.8. The van der Waals surface area contributed by atoms with E-state index in [1.165, 1.54) is 0 Å². The first-order chi connectivity index (χ1) is 11.4. The van der Waals surface area contributed by atoms with Gasteiger partial charge >= 0.3 is 6.18 Å². The number of ether oxygens (including phenoxy) is 1. The molecule has 0 aromatic heterocycles. The molecule has 0 saturated carbocycles. The lowest BCUT2D eigenvalue weighted by Gasteiger charge is -2.38. The molecule has 2 fully saturated rings. The predicted molar refractivity (Wildman–Crippen MR) is 82.1 cm³/mol. The minimum absolute atomic E-state index is 0.0147. The average Bonchev–Trinajstić information content (AvgIpc) is 3.06. The highest BCUT2D eigenvalue weighted by molar-refractivity contribution is 5.30. The number of nitrogens with one attached hydrogen (secondary N) is 1. The highest BCUT2D eigenvalue weighted by Gasteiger charge is 2.36. The Kier molecular flexibility index (Phi) is 5.42. The fourth-order valence-electron chi connectivity index (χ4n) is 3.66. The molecule has 7 heteroatoms. The largest absolute Gasteiger partial charge is 0.416 e. The zero-order valence-electron chi connectivity index (χ0n) is 13.4. The van der Waals surface area contributed by atoms with Crippen LogP contribution in [0.1, 0.15) is 30.4 Å². The average molecular weight is 346 g/mol. The molecule has 0 bridgehead atoms.